The van der Waals surface area contributed by atoms with E-state index >= 15 is 0 Å². The molecular weight excluding hydrogens is 346 g/mol. The molecule has 138 valence electrons. The number of carboxylic acid groups (broad SMARTS) is 1. The maximum absolute atomic E-state index is 13.8. The van der Waals surface area contributed by atoms with E-state index in [4.69, 9.17) is 4.42 Å². The minimum Gasteiger partial charge on any atom is -0.480 e. The van der Waals surface area contributed by atoms with E-state index in [0.29, 0.717) is 12.8 Å². The Morgan fingerprint density at radius 1 is 1.27 bits per heavy atom. The molecular formula is C18H18F2N2O4. The average molecular weight is 364 g/mol. The van der Waals surface area contributed by atoms with Gasteiger partial charge in [0.25, 0.3) is 0 Å². The monoisotopic (exact) mass is 364 g/mol. The van der Waals surface area contributed by atoms with E-state index in [1.807, 2.05) is 0 Å². The summed E-state index contributed by atoms with van der Waals surface area (Å²) in [5.41, 5.74) is -1.11. The molecule has 1 heterocycles. The smallest absolute Gasteiger partial charge is 0.329 e. The lowest BCUT2D eigenvalue weighted by Crippen LogP contribution is -2.52. The van der Waals surface area contributed by atoms with Gasteiger partial charge in [-0.2, -0.15) is 0 Å². The number of nitrogens with one attached hydrogen (secondary N) is 1. The number of aromatic nitrogens is 1. The molecule has 2 aromatic rings. The molecule has 1 amide bonds. The maximum Gasteiger partial charge on any atom is 0.329 e. The summed E-state index contributed by atoms with van der Waals surface area (Å²) in [6.07, 6.45) is 3.81. The number of rotatable bonds is 6. The maximum atomic E-state index is 13.8. The summed E-state index contributed by atoms with van der Waals surface area (Å²) >= 11 is 0. The number of amides is 1. The normalized spacial score (nSPS) is 15.8. The molecule has 1 aliphatic rings. The first kappa shape index (κ1) is 18.0. The van der Waals surface area contributed by atoms with E-state index < -0.39 is 29.0 Å². The van der Waals surface area contributed by atoms with Gasteiger partial charge in [-0.1, -0.05) is 12.8 Å². The standard InChI is InChI=1S/C18H18F2N2O4/c19-11-3-4-12(13(20)9-11)14-10-21-16(26-14)6-5-15(23)22-18(17(24)25)7-1-2-8-18/h3-4,9-10H,1-2,5-8H2,(H,22,23)(H,24,25). The van der Waals surface area contributed by atoms with Crippen LogP contribution in [0.25, 0.3) is 11.3 Å². The molecule has 0 spiro atoms. The van der Waals surface area contributed by atoms with Crippen molar-refractivity contribution in [3.63, 3.8) is 0 Å². The quantitative estimate of drug-likeness (QED) is 0.822. The van der Waals surface area contributed by atoms with Crippen molar-refractivity contribution in [1.29, 1.82) is 0 Å². The molecule has 1 aliphatic carbocycles. The first-order chi connectivity index (χ1) is 12.4. The summed E-state index contributed by atoms with van der Waals surface area (Å²) < 4.78 is 32.1. The van der Waals surface area contributed by atoms with Crippen LogP contribution >= 0.6 is 0 Å². The van der Waals surface area contributed by atoms with E-state index in [1.165, 1.54) is 12.3 Å². The zero-order chi connectivity index (χ0) is 18.7. The van der Waals surface area contributed by atoms with Crippen molar-refractivity contribution in [3.05, 3.63) is 41.9 Å². The highest BCUT2D eigenvalue weighted by Crippen LogP contribution is 2.30. The molecule has 26 heavy (non-hydrogen) atoms. The zero-order valence-corrected chi connectivity index (χ0v) is 13.9. The highest BCUT2D eigenvalue weighted by atomic mass is 19.1. The van der Waals surface area contributed by atoms with Crippen molar-refractivity contribution < 1.29 is 27.9 Å². The van der Waals surface area contributed by atoms with E-state index in [2.05, 4.69) is 10.3 Å². The molecule has 0 atom stereocenters. The number of carboxylic acids is 1. The van der Waals surface area contributed by atoms with E-state index in [-0.39, 0.29) is 30.1 Å². The van der Waals surface area contributed by atoms with Gasteiger partial charge in [0.15, 0.2) is 11.7 Å². The number of nitrogens with zero attached hydrogens (tertiary/aromatic N) is 1. The Labute approximate surface area is 148 Å². The van der Waals surface area contributed by atoms with Crippen molar-refractivity contribution in [2.24, 2.45) is 0 Å². The third-order valence-electron chi connectivity index (χ3n) is 4.56. The van der Waals surface area contributed by atoms with Crippen LogP contribution in [0.5, 0.6) is 0 Å². The summed E-state index contributed by atoms with van der Waals surface area (Å²) in [6, 6.07) is 3.11. The molecule has 0 saturated heterocycles. The highest BCUT2D eigenvalue weighted by Gasteiger charge is 2.42. The van der Waals surface area contributed by atoms with Crippen LogP contribution in [0.3, 0.4) is 0 Å². The van der Waals surface area contributed by atoms with Gasteiger partial charge in [-0.05, 0) is 25.0 Å². The number of halogens is 2. The molecule has 0 unspecified atom stereocenters. The van der Waals surface area contributed by atoms with Crippen molar-refractivity contribution >= 4 is 11.9 Å². The second kappa shape index (κ2) is 7.23. The third kappa shape index (κ3) is 3.74. The lowest BCUT2D eigenvalue weighted by Gasteiger charge is -2.25. The van der Waals surface area contributed by atoms with Crippen molar-refractivity contribution in [2.75, 3.05) is 0 Å². The minimum absolute atomic E-state index is 0.000876. The number of aryl methyl sites for hydroxylation is 1. The minimum atomic E-state index is -1.18. The number of carbonyl (C=O) groups is 2. The fourth-order valence-corrected chi connectivity index (χ4v) is 3.16. The van der Waals surface area contributed by atoms with Gasteiger partial charge in [-0.15, -0.1) is 0 Å². The number of hydrogen-bond donors (Lipinski definition) is 2. The van der Waals surface area contributed by atoms with Gasteiger partial charge in [0.05, 0.1) is 11.8 Å². The van der Waals surface area contributed by atoms with Gasteiger partial charge in [0.2, 0.25) is 5.91 Å². The van der Waals surface area contributed by atoms with Crippen LogP contribution in [0, 0.1) is 11.6 Å². The van der Waals surface area contributed by atoms with Crippen LogP contribution in [-0.4, -0.2) is 27.5 Å². The first-order valence-electron chi connectivity index (χ1n) is 8.34. The number of oxazole rings is 1. The topological polar surface area (TPSA) is 92.4 Å². The Morgan fingerprint density at radius 2 is 2.00 bits per heavy atom. The first-order valence-corrected chi connectivity index (χ1v) is 8.34. The summed E-state index contributed by atoms with van der Waals surface area (Å²) in [4.78, 5) is 27.5. The lowest BCUT2D eigenvalue weighted by molar-refractivity contribution is -0.147. The summed E-state index contributed by atoms with van der Waals surface area (Å²) in [5, 5.41) is 12.0. The zero-order valence-electron chi connectivity index (χ0n) is 13.9. The van der Waals surface area contributed by atoms with E-state index in [1.54, 1.807) is 0 Å². The number of benzene rings is 1. The van der Waals surface area contributed by atoms with Gasteiger partial charge in [-0.3, -0.25) is 4.79 Å². The van der Waals surface area contributed by atoms with Crippen LogP contribution in [0.4, 0.5) is 8.78 Å². The molecule has 3 rings (SSSR count). The summed E-state index contributed by atoms with van der Waals surface area (Å²) in [7, 11) is 0. The van der Waals surface area contributed by atoms with Crippen molar-refractivity contribution in [1.82, 2.24) is 10.3 Å². The van der Waals surface area contributed by atoms with Gasteiger partial charge >= 0.3 is 5.97 Å². The average Bonchev–Trinajstić information content (AvgIpc) is 3.23. The number of carbonyl (C=O) groups excluding carboxylic acids is 1. The molecule has 1 aromatic carbocycles. The van der Waals surface area contributed by atoms with Gasteiger partial charge in [-0.25, -0.2) is 18.6 Å². The predicted octanol–water partition coefficient (Wildman–Crippen LogP) is 3.07. The predicted molar refractivity (Wildman–Crippen MR) is 87.2 cm³/mol. The van der Waals surface area contributed by atoms with Crippen LogP contribution in [0.2, 0.25) is 0 Å². The molecule has 1 aromatic heterocycles. The van der Waals surface area contributed by atoms with Crippen LogP contribution in [-0.2, 0) is 16.0 Å². The molecule has 0 aliphatic heterocycles. The largest absolute Gasteiger partial charge is 0.480 e. The van der Waals surface area contributed by atoms with Crippen LogP contribution in [0.1, 0.15) is 38.0 Å². The molecule has 2 N–H and O–H groups in total. The molecule has 0 radical (unpaired) electrons. The van der Waals surface area contributed by atoms with Gasteiger partial charge in [0, 0.05) is 18.9 Å². The van der Waals surface area contributed by atoms with Crippen LogP contribution < -0.4 is 5.32 Å². The van der Waals surface area contributed by atoms with E-state index in [9.17, 15) is 23.5 Å². The Morgan fingerprint density at radius 3 is 2.65 bits per heavy atom. The molecule has 6 nitrogen and oxygen atoms in total. The highest BCUT2D eigenvalue weighted by molar-refractivity contribution is 5.87. The molecule has 8 heteroatoms. The number of aliphatic carboxylic acids is 1. The lowest BCUT2D eigenvalue weighted by atomic mass is 9.97. The SMILES string of the molecule is O=C(CCc1ncc(-c2ccc(F)cc2F)o1)NC1(C(=O)O)CCCC1. The molecule has 1 fully saturated rings. The van der Waals surface area contributed by atoms with Crippen molar-refractivity contribution in [3.8, 4) is 11.3 Å². The Hall–Kier alpha value is -2.77. The van der Waals surface area contributed by atoms with Gasteiger partial charge in [0.1, 0.15) is 17.2 Å². The molecule has 1 saturated carbocycles. The second-order valence-electron chi connectivity index (χ2n) is 6.38. The molecule has 0 bridgehead atoms. The van der Waals surface area contributed by atoms with Crippen LogP contribution in [0.15, 0.2) is 28.8 Å². The van der Waals surface area contributed by atoms with Gasteiger partial charge < -0.3 is 14.8 Å². The summed E-state index contributed by atoms with van der Waals surface area (Å²) in [5.74, 6) is -2.53. The van der Waals surface area contributed by atoms with Crippen molar-refractivity contribution in [2.45, 2.75) is 44.1 Å². The fraction of sp³-hybridized carbons (Fsp3) is 0.389. The Bertz CT molecular complexity index is 828. The third-order valence-corrected chi connectivity index (χ3v) is 4.56. The van der Waals surface area contributed by atoms with E-state index in [0.717, 1.165) is 25.0 Å². The second-order valence-corrected chi connectivity index (χ2v) is 6.38. The Balaban J connectivity index is 1.61. The number of hydrogen-bond acceptors (Lipinski definition) is 4. The fourth-order valence-electron chi connectivity index (χ4n) is 3.16. The summed E-state index contributed by atoms with van der Waals surface area (Å²) in [6.45, 7) is 0. The Kier molecular flexibility index (Phi) is 5.01.